The second kappa shape index (κ2) is 14.7. The Labute approximate surface area is 174 Å². The maximum Gasteiger partial charge on any atom is 0.0518 e. The quantitative estimate of drug-likeness (QED) is 0.271. The molecule has 0 fully saturated rings. The predicted molar refractivity (Wildman–Crippen MR) is 121 cm³/mol. The van der Waals surface area contributed by atoms with E-state index in [2.05, 4.69) is 70.7 Å². The monoisotopic (exact) mass is 386 g/mol. The van der Waals surface area contributed by atoms with E-state index in [0.717, 1.165) is 38.2 Å². The zero-order valence-electron chi connectivity index (χ0n) is 19.0. The Morgan fingerprint density at radius 2 is 1.39 bits per heavy atom. The van der Waals surface area contributed by atoms with Crippen molar-refractivity contribution in [2.45, 2.75) is 97.5 Å². The van der Waals surface area contributed by atoms with Gasteiger partial charge in [0.1, 0.15) is 0 Å². The Balaban J connectivity index is 1.94. The van der Waals surface area contributed by atoms with E-state index >= 15 is 0 Å². The summed E-state index contributed by atoms with van der Waals surface area (Å²) in [7, 11) is 0. The lowest BCUT2D eigenvalue weighted by atomic mass is 9.87. The highest BCUT2D eigenvalue weighted by Crippen LogP contribution is 2.21. The van der Waals surface area contributed by atoms with E-state index in [4.69, 9.17) is 9.47 Å². The van der Waals surface area contributed by atoms with Crippen LogP contribution in [-0.4, -0.2) is 25.9 Å². The van der Waals surface area contributed by atoms with Crippen LogP contribution in [0.4, 0.5) is 0 Å². The first-order valence-electron chi connectivity index (χ1n) is 11.2. The minimum atomic E-state index is 0.209. The average Bonchev–Trinajstić information content (AvgIpc) is 2.64. The lowest BCUT2D eigenvalue weighted by Crippen LogP contribution is -2.10. The van der Waals surface area contributed by atoms with Crippen molar-refractivity contribution in [2.75, 3.05) is 19.8 Å². The number of benzene rings is 1. The highest BCUT2D eigenvalue weighted by Gasteiger charge is 2.12. The van der Waals surface area contributed by atoms with Crippen molar-refractivity contribution in [3.63, 3.8) is 0 Å². The molecule has 0 atom stereocenters. The van der Waals surface area contributed by atoms with Gasteiger partial charge in [-0.25, -0.2) is 0 Å². The van der Waals surface area contributed by atoms with Crippen LogP contribution in [0.5, 0.6) is 0 Å². The molecule has 0 aromatic heterocycles. The molecule has 0 aliphatic rings. The van der Waals surface area contributed by atoms with Crippen molar-refractivity contribution in [2.24, 2.45) is 0 Å². The molecular weight excluding hydrogens is 344 g/mol. The van der Waals surface area contributed by atoms with Crippen LogP contribution in [0.1, 0.15) is 97.1 Å². The van der Waals surface area contributed by atoms with Gasteiger partial charge >= 0.3 is 0 Å². The summed E-state index contributed by atoms with van der Waals surface area (Å²) in [4.78, 5) is 0. The molecular formula is C26H42O2. The van der Waals surface area contributed by atoms with Crippen LogP contribution in [-0.2, 0) is 14.9 Å². The molecule has 0 aliphatic carbocycles. The van der Waals surface area contributed by atoms with E-state index in [-0.39, 0.29) is 5.41 Å². The standard InChI is InChI=1S/C26H42O2/c1-23(2)28-22-14-21-27-20-13-11-9-7-6-8-10-12-15-24-16-18-25(19-17-24)26(3,4)5/h16-19,23H,6-11,13-14,20-22H2,1-5H3. The molecule has 158 valence electrons. The van der Waals surface area contributed by atoms with Crippen LogP contribution < -0.4 is 0 Å². The summed E-state index contributed by atoms with van der Waals surface area (Å²) >= 11 is 0. The summed E-state index contributed by atoms with van der Waals surface area (Å²) in [6.45, 7) is 13.4. The van der Waals surface area contributed by atoms with Crippen molar-refractivity contribution in [1.29, 1.82) is 0 Å². The van der Waals surface area contributed by atoms with E-state index in [1.165, 1.54) is 44.1 Å². The third kappa shape index (κ3) is 13.0. The molecule has 0 radical (unpaired) electrons. The SMILES string of the molecule is CC(C)OCCCOCCCCCCCCC#Cc1ccc(C(C)(C)C)cc1. The van der Waals surface area contributed by atoms with Gasteiger partial charge < -0.3 is 9.47 Å². The van der Waals surface area contributed by atoms with Crippen molar-refractivity contribution in [1.82, 2.24) is 0 Å². The third-order valence-corrected chi connectivity index (χ3v) is 4.71. The third-order valence-electron chi connectivity index (χ3n) is 4.71. The molecule has 0 unspecified atom stereocenters. The lowest BCUT2D eigenvalue weighted by Gasteiger charge is -2.18. The molecule has 1 rings (SSSR count). The van der Waals surface area contributed by atoms with Crippen molar-refractivity contribution >= 4 is 0 Å². The van der Waals surface area contributed by atoms with Crippen molar-refractivity contribution in [3.8, 4) is 11.8 Å². The van der Waals surface area contributed by atoms with Crippen LogP contribution in [0.25, 0.3) is 0 Å². The van der Waals surface area contributed by atoms with Gasteiger partial charge in [0.2, 0.25) is 0 Å². The normalized spacial score (nSPS) is 11.5. The van der Waals surface area contributed by atoms with Crippen molar-refractivity contribution in [3.05, 3.63) is 35.4 Å². The largest absolute Gasteiger partial charge is 0.381 e. The second-order valence-corrected chi connectivity index (χ2v) is 8.89. The summed E-state index contributed by atoms with van der Waals surface area (Å²) in [5.41, 5.74) is 2.70. The molecule has 0 N–H and O–H groups in total. The Bertz CT molecular complexity index is 555. The van der Waals surface area contributed by atoms with E-state index in [1.54, 1.807) is 0 Å². The Morgan fingerprint density at radius 1 is 0.786 bits per heavy atom. The van der Waals surface area contributed by atoms with Gasteiger partial charge in [0.25, 0.3) is 0 Å². The smallest absolute Gasteiger partial charge is 0.0518 e. The molecule has 1 aromatic rings. The lowest BCUT2D eigenvalue weighted by molar-refractivity contribution is 0.0507. The topological polar surface area (TPSA) is 18.5 Å². The summed E-state index contributed by atoms with van der Waals surface area (Å²) < 4.78 is 11.1. The fourth-order valence-corrected chi connectivity index (χ4v) is 2.92. The predicted octanol–water partition coefficient (Wildman–Crippen LogP) is 6.90. The first kappa shape index (κ1) is 24.7. The number of hydrogen-bond acceptors (Lipinski definition) is 2. The first-order chi connectivity index (χ1) is 13.4. The van der Waals surface area contributed by atoms with Crippen LogP contribution >= 0.6 is 0 Å². The zero-order chi connectivity index (χ0) is 20.7. The average molecular weight is 387 g/mol. The van der Waals surface area contributed by atoms with Crippen LogP contribution in [0.15, 0.2) is 24.3 Å². The Hall–Kier alpha value is -1.30. The van der Waals surface area contributed by atoms with Gasteiger partial charge in [-0.1, -0.05) is 70.4 Å². The van der Waals surface area contributed by atoms with Crippen LogP contribution in [0.3, 0.4) is 0 Å². The number of unbranched alkanes of at least 4 members (excludes halogenated alkanes) is 6. The van der Waals surface area contributed by atoms with Crippen molar-refractivity contribution < 1.29 is 9.47 Å². The molecule has 0 amide bonds. The van der Waals surface area contributed by atoms with Gasteiger partial charge in [-0.15, -0.1) is 0 Å². The molecule has 2 heteroatoms. The second-order valence-electron chi connectivity index (χ2n) is 8.89. The maximum atomic E-state index is 5.64. The fourth-order valence-electron chi connectivity index (χ4n) is 2.92. The Morgan fingerprint density at radius 3 is 2.04 bits per heavy atom. The summed E-state index contributed by atoms with van der Waals surface area (Å²) in [5, 5.41) is 0. The van der Waals surface area contributed by atoms with E-state index in [0.29, 0.717) is 6.10 Å². The minimum Gasteiger partial charge on any atom is -0.381 e. The zero-order valence-corrected chi connectivity index (χ0v) is 19.0. The van der Waals surface area contributed by atoms with Crippen LogP contribution in [0.2, 0.25) is 0 Å². The van der Waals surface area contributed by atoms with Gasteiger partial charge in [0.15, 0.2) is 0 Å². The van der Waals surface area contributed by atoms with Gasteiger partial charge in [-0.05, 0) is 56.2 Å². The molecule has 2 nitrogen and oxygen atoms in total. The molecule has 0 aliphatic heterocycles. The van der Waals surface area contributed by atoms with E-state index in [9.17, 15) is 0 Å². The molecule has 28 heavy (non-hydrogen) atoms. The van der Waals surface area contributed by atoms with E-state index in [1.807, 2.05) is 0 Å². The van der Waals surface area contributed by atoms with E-state index < -0.39 is 0 Å². The van der Waals surface area contributed by atoms with Crippen LogP contribution in [0, 0.1) is 11.8 Å². The fraction of sp³-hybridized carbons (Fsp3) is 0.692. The number of hydrogen-bond donors (Lipinski definition) is 0. The number of ether oxygens (including phenoxy) is 2. The summed E-state index contributed by atoms with van der Waals surface area (Å²) in [5.74, 6) is 6.62. The maximum absolute atomic E-state index is 5.64. The summed E-state index contributed by atoms with van der Waals surface area (Å²) in [6.07, 6.45) is 9.88. The first-order valence-corrected chi connectivity index (χ1v) is 11.2. The molecule has 0 bridgehead atoms. The molecule has 0 spiro atoms. The molecule has 1 aromatic carbocycles. The summed E-state index contributed by atoms with van der Waals surface area (Å²) in [6, 6.07) is 8.69. The highest BCUT2D eigenvalue weighted by atomic mass is 16.5. The Kier molecular flexibility index (Phi) is 13.0. The molecule has 0 saturated carbocycles. The highest BCUT2D eigenvalue weighted by molar-refractivity contribution is 5.37. The van der Waals surface area contributed by atoms with Gasteiger partial charge in [-0.3, -0.25) is 0 Å². The van der Waals surface area contributed by atoms with Gasteiger partial charge in [0.05, 0.1) is 6.10 Å². The minimum absolute atomic E-state index is 0.209. The number of rotatable bonds is 13. The molecule has 0 saturated heterocycles. The molecule has 0 heterocycles. The van der Waals surface area contributed by atoms with Gasteiger partial charge in [-0.2, -0.15) is 0 Å². The van der Waals surface area contributed by atoms with Gasteiger partial charge in [0, 0.05) is 31.8 Å².